The summed E-state index contributed by atoms with van der Waals surface area (Å²) in [6, 6.07) is -0.877. The molecule has 0 aromatic carbocycles. The summed E-state index contributed by atoms with van der Waals surface area (Å²) in [6.45, 7) is 1.63. The predicted molar refractivity (Wildman–Crippen MR) is 66.7 cm³/mol. The van der Waals surface area contributed by atoms with Crippen molar-refractivity contribution in [2.24, 2.45) is 5.92 Å². The third-order valence-electron chi connectivity index (χ3n) is 3.70. The van der Waals surface area contributed by atoms with Crippen LogP contribution in [0.1, 0.15) is 32.1 Å². The van der Waals surface area contributed by atoms with Crippen molar-refractivity contribution < 1.29 is 24.2 Å². The summed E-state index contributed by atoms with van der Waals surface area (Å²) in [5.41, 5.74) is 0. The Morgan fingerprint density at radius 1 is 1.16 bits per heavy atom. The summed E-state index contributed by atoms with van der Waals surface area (Å²) < 4.78 is 10.7. The molecule has 0 saturated carbocycles. The number of amides is 1. The Balaban J connectivity index is 1.91. The third kappa shape index (κ3) is 3.91. The zero-order chi connectivity index (χ0) is 13.7. The number of carbonyl (C=O) groups excluding carboxylic acids is 1. The van der Waals surface area contributed by atoms with Gasteiger partial charge in [0, 0.05) is 19.1 Å². The van der Waals surface area contributed by atoms with Crippen molar-refractivity contribution in [3.63, 3.8) is 0 Å². The van der Waals surface area contributed by atoms with Crippen LogP contribution in [0, 0.1) is 5.92 Å². The van der Waals surface area contributed by atoms with E-state index >= 15 is 0 Å². The van der Waals surface area contributed by atoms with E-state index in [1.807, 2.05) is 0 Å². The summed E-state index contributed by atoms with van der Waals surface area (Å²) in [5, 5.41) is 11.9. The fraction of sp³-hybridized carbons (Fsp3) is 0.846. The van der Waals surface area contributed by atoms with Crippen LogP contribution in [-0.2, 0) is 19.1 Å². The molecule has 2 aliphatic rings. The summed E-state index contributed by atoms with van der Waals surface area (Å²) in [5.74, 6) is -1.46. The molecule has 0 spiro atoms. The van der Waals surface area contributed by atoms with Crippen LogP contribution in [0.2, 0.25) is 0 Å². The van der Waals surface area contributed by atoms with Crippen LogP contribution < -0.4 is 5.32 Å². The molecule has 0 aromatic rings. The average molecular weight is 271 g/mol. The fourth-order valence-corrected chi connectivity index (χ4v) is 2.60. The third-order valence-corrected chi connectivity index (χ3v) is 3.70. The van der Waals surface area contributed by atoms with Crippen molar-refractivity contribution in [2.45, 2.75) is 44.2 Å². The number of carboxylic acids is 1. The Labute approximate surface area is 112 Å². The maximum absolute atomic E-state index is 12.0. The van der Waals surface area contributed by atoms with Crippen LogP contribution in [0.3, 0.4) is 0 Å². The van der Waals surface area contributed by atoms with Crippen molar-refractivity contribution in [2.75, 3.05) is 19.8 Å². The van der Waals surface area contributed by atoms with Crippen molar-refractivity contribution in [1.29, 1.82) is 0 Å². The largest absolute Gasteiger partial charge is 0.480 e. The SMILES string of the molecule is O=C(NC(C(=O)O)C1CCCOC1)C1CCCCO1. The first-order chi connectivity index (χ1) is 9.18. The Hall–Kier alpha value is -1.14. The lowest BCUT2D eigenvalue weighted by atomic mass is 9.93. The van der Waals surface area contributed by atoms with Gasteiger partial charge in [-0.25, -0.2) is 4.79 Å². The Bertz CT molecular complexity index is 321. The highest BCUT2D eigenvalue weighted by Gasteiger charge is 2.33. The molecule has 0 aromatic heterocycles. The van der Waals surface area contributed by atoms with Crippen molar-refractivity contribution in [1.82, 2.24) is 5.32 Å². The van der Waals surface area contributed by atoms with Crippen LogP contribution >= 0.6 is 0 Å². The standard InChI is InChI=1S/C13H21NO5/c15-12(10-5-1-2-7-19-10)14-11(13(16)17)9-4-3-6-18-8-9/h9-11H,1-8H2,(H,14,15)(H,16,17). The van der Waals surface area contributed by atoms with Crippen LogP contribution in [0.4, 0.5) is 0 Å². The van der Waals surface area contributed by atoms with Gasteiger partial charge in [0.05, 0.1) is 6.61 Å². The first-order valence-electron chi connectivity index (χ1n) is 6.91. The van der Waals surface area contributed by atoms with Crippen LogP contribution in [-0.4, -0.2) is 48.9 Å². The quantitative estimate of drug-likeness (QED) is 0.780. The van der Waals surface area contributed by atoms with Gasteiger partial charge in [0.2, 0.25) is 5.91 Å². The molecule has 19 heavy (non-hydrogen) atoms. The molecule has 1 amide bonds. The monoisotopic (exact) mass is 271 g/mol. The molecule has 6 heteroatoms. The lowest BCUT2D eigenvalue weighted by molar-refractivity contribution is -0.148. The maximum Gasteiger partial charge on any atom is 0.326 e. The molecule has 2 heterocycles. The Kier molecular flexibility index (Phi) is 5.15. The first kappa shape index (κ1) is 14.3. The molecule has 0 bridgehead atoms. The highest BCUT2D eigenvalue weighted by Crippen LogP contribution is 2.19. The number of ether oxygens (including phenoxy) is 2. The normalized spacial score (nSPS) is 29.5. The minimum absolute atomic E-state index is 0.154. The van der Waals surface area contributed by atoms with Crippen molar-refractivity contribution in [3.8, 4) is 0 Å². The van der Waals surface area contributed by atoms with E-state index in [9.17, 15) is 14.7 Å². The molecule has 2 aliphatic heterocycles. The smallest absolute Gasteiger partial charge is 0.326 e. The molecular weight excluding hydrogens is 250 g/mol. The molecule has 3 atom stereocenters. The number of carboxylic acid groups (broad SMARTS) is 1. The average Bonchev–Trinajstić information content (AvgIpc) is 2.46. The van der Waals surface area contributed by atoms with E-state index in [1.165, 1.54) is 0 Å². The van der Waals surface area contributed by atoms with E-state index in [0.29, 0.717) is 26.2 Å². The van der Waals surface area contributed by atoms with Gasteiger partial charge >= 0.3 is 5.97 Å². The van der Waals surface area contributed by atoms with Crippen LogP contribution in [0.5, 0.6) is 0 Å². The van der Waals surface area contributed by atoms with Gasteiger partial charge in [-0.3, -0.25) is 4.79 Å². The molecule has 2 fully saturated rings. The van der Waals surface area contributed by atoms with Crippen LogP contribution in [0.25, 0.3) is 0 Å². The lowest BCUT2D eigenvalue weighted by Gasteiger charge is -2.30. The van der Waals surface area contributed by atoms with E-state index < -0.39 is 18.1 Å². The Morgan fingerprint density at radius 2 is 2.00 bits per heavy atom. The highest BCUT2D eigenvalue weighted by atomic mass is 16.5. The van der Waals surface area contributed by atoms with E-state index in [0.717, 1.165) is 25.7 Å². The number of carbonyl (C=O) groups is 2. The maximum atomic E-state index is 12.0. The van der Waals surface area contributed by atoms with Gasteiger partial charge in [0.1, 0.15) is 12.1 Å². The molecule has 6 nitrogen and oxygen atoms in total. The van der Waals surface area contributed by atoms with Gasteiger partial charge < -0.3 is 19.9 Å². The zero-order valence-electron chi connectivity index (χ0n) is 11.0. The fourth-order valence-electron chi connectivity index (χ4n) is 2.60. The van der Waals surface area contributed by atoms with Gasteiger partial charge in [-0.05, 0) is 32.1 Å². The van der Waals surface area contributed by atoms with Crippen LogP contribution in [0.15, 0.2) is 0 Å². The second-order valence-electron chi connectivity index (χ2n) is 5.16. The molecule has 108 valence electrons. The molecule has 2 saturated heterocycles. The summed E-state index contributed by atoms with van der Waals surface area (Å²) >= 11 is 0. The van der Waals surface area contributed by atoms with E-state index in [2.05, 4.69) is 5.32 Å². The minimum Gasteiger partial charge on any atom is -0.480 e. The second kappa shape index (κ2) is 6.86. The number of hydrogen-bond acceptors (Lipinski definition) is 4. The van der Waals surface area contributed by atoms with Gasteiger partial charge in [0.15, 0.2) is 0 Å². The second-order valence-corrected chi connectivity index (χ2v) is 5.16. The summed E-state index contributed by atoms with van der Waals surface area (Å²) in [6.07, 6.45) is 3.68. The van der Waals surface area contributed by atoms with E-state index in [-0.39, 0.29) is 11.8 Å². The molecule has 3 unspecified atom stereocenters. The number of aliphatic carboxylic acids is 1. The molecular formula is C13H21NO5. The predicted octanol–water partition coefficient (Wildman–Crippen LogP) is 0.551. The van der Waals surface area contributed by atoms with Crippen molar-refractivity contribution >= 4 is 11.9 Å². The molecule has 0 aliphatic carbocycles. The number of hydrogen-bond donors (Lipinski definition) is 2. The van der Waals surface area contributed by atoms with Gasteiger partial charge in [-0.1, -0.05) is 0 Å². The lowest BCUT2D eigenvalue weighted by Crippen LogP contribution is -2.52. The topological polar surface area (TPSA) is 84.9 Å². The molecule has 2 N–H and O–H groups in total. The summed E-state index contributed by atoms with van der Waals surface area (Å²) in [7, 11) is 0. The van der Waals surface area contributed by atoms with Crippen molar-refractivity contribution in [3.05, 3.63) is 0 Å². The first-order valence-corrected chi connectivity index (χ1v) is 6.91. The van der Waals surface area contributed by atoms with Gasteiger partial charge in [-0.2, -0.15) is 0 Å². The number of rotatable bonds is 4. The number of nitrogens with one attached hydrogen (secondary N) is 1. The highest BCUT2D eigenvalue weighted by molar-refractivity contribution is 5.86. The van der Waals surface area contributed by atoms with Gasteiger partial charge in [-0.15, -0.1) is 0 Å². The van der Waals surface area contributed by atoms with Gasteiger partial charge in [0.25, 0.3) is 0 Å². The van der Waals surface area contributed by atoms with E-state index in [4.69, 9.17) is 9.47 Å². The zero-order valence-corrected chi connectivity index (χ0v) is 11.0. The molecule has 0 radical (unpaired) electrons. The summed E-state index contributed by atoms with van der Waals surface area (Å²) in [4.78, 5) is 23.3. The van der Waals surface area contributed by atoms with E-state index in [1.54, 1.807) is 0 Å². The Morgan fingerprint density at radius 3 is 2.58 bits per heavy atom. The minimum atomic E-state index is -1.00. The molecule has 2 rings (SSSR count).